The third kappa shape index (κ3) is 1.31. The highest BCUT2D eigenvalue weighted by Crippen LogP contribution is 2.22. The number of halogens is 1. The predicted molar refractivity (Wildman–Crippen MR) is 47.3 cm³/mol. The first kappa shape index (κ1) is 8.62. The van der Waals surface area contributed by atoms with Crippen LogP contribution in [0.15, 0.2) is 35.1 Å². The van der Waals surface area contributed by atoms with Gasteiger partial charge in [-0.25, -0.2) is 9.37 Å². The Labute approximate surface area is 79.2 Å². The Morgan fingerprint density at radius 3 is 2.93 bits per heavy atom. The van der Waals surface area contributed by atoms with Crippen molar-refractivity contribution in [1.82, 2.24) is 4.98 Å². The molecular weight excluding hydrogens is 185 g/mol. The number of hydrogen-bond acceptors (Lipinski definition) is 3. The van der Waals surface area contributed by atoms with Crippen molar-refractivity contribution in [2.75, 3.05) is 0 Å². The molecule has 0 N–H and O–H groups in total. The molecule has 0 amide bonds. The van der Waals surface area contributed by atoms with E-state index in [4.69, 9.17) is 4.42 Å². The van der Waals surface area contributed by atoms with E-state index >= 15 is 0 Å². The summed E-state index contributed by atoms with van der Waals surface area (Å²) in [5.74, 6) is -0.331. The number of carbonyl (C=O) groups is 1. The van der Waals surface area contributed by atoms with Gasteiger partial charge in [-0.3, -0.25) is 4.79 Å². The Morgan fingerprint density at radius 2 is 2.29 bits per heavy atom. The molecule has 14 heavy (non-hydrogen) atoms. The molecule has 2 rings (SSSR count). The highest BCUT2D eigenvalue weighted by Gasteiger charge is 2.11. The van der Waals surface area contributed by atoms with Crippen LogP contribution in [0.4, 0.5) is 4.39 Å². The fraction of sp³-hybridized carbons (Fsp3) is 0. The standard InChI is InChI=1S/C10H6FNO2/c11-9-3-1-2-7(8(9)6-13)10-12-4-5-14-10/h1-6H. The number of aldehydes is 1. The van der Waals surface area contributed by atoms with Crippen LogP contribution in [0.3, 0.4) is 0 Å². The van der Waals surface area contributed by atoms with Crippen molar-refractivity contribution in [3.63, 3.8) is 0 Å². The molecule has 0 fully saturated rings. The molecule has 0 aliphatic rings. The van der Waals surface area contributed by atoms with E-state index < -0.39 is 5.82 Å². The molecule has 0 radical (unpaired) electrons. The highest BCUT2D eigenvalue weighted by molar-refractivity contribution is 5.85. The SMILES string of the molecule is O=Cc1c(F)cccc1-c1ncco1. The van der Waals surface area contributed by atoms with Gasteiger partial charge >= 0.3 is 0 Å². The molecule has 1 heterocycles. The molecule has 0 atom stereocenters. The minimum atomic E-state index is -0.573. The molecular formula is C10H6FNO2. The van der Waals surface area contributed by atoms with Crippen molar-refractivity contribution in [2.24, 2.45) is 0 Å². The maximum atomic E-state index is 13.1. The number of aromatic nitrogens is 1. The fourth-order valence-electron chi connectivity index (χ4n) is 1.20. The Bertz CT molecular complexity index is 451. The van der Waals surface area contributed by atoms with Gasteiger partial charge in [0.05, 0.1) is 17.3 Å². The van der Waals surface area contributed by atoms with Gasteiger partial charge in [-0.05, 0) is 12.1 Å². The van der Waals surface area contributed by atoms with Crippen molar-refractivity contribution in [1.29, 1.82) is 0 Å². The zero-order valence-electron chi connectivity index (χ0n) is 7.11. The number of rotatable bonds is 2. The lowest BCUT2D eigenvalue weighted by Crippen LogP contribution is -1.92. The second kappa shape index (κ2) is 3.41. The van der Waals surface area contributed by atoms with Gasteiger partial charge in [-0.2, -0.15) is 0 Å². The molecule has 0 saturated heterocycles. The minimum absolute atomic E-state index is 0.0325. The van der Waals surface area contributed by atoms with E-state index in [1.54, 1.807) is 6.07 Å². The van der Waals surface area contributed by atoms with Crippen molar-refractivity contribution in [3.05, 3.63) is 42.0 Å². The molecule has 3 nitrogen and oxygen atoms in total. The van der Waals surface area contributed by atoms with E-state index in [0.717, 1.165) is 0 Å². The number of hydrogen-bond donors (Lipinski definition) is 0. The van der Waals surface area contributed by atoms with Crippen molar-refractivity contribution >= 4 is 6.29 Å². The lowest BCUT2D eigenvalue weighted by atomic mass is 10.1. The summed E-state index contributed by atoms with van der Waals surface area (Å²) in [6.45, 7) is 0. The molecule has 1 aromatic heterocycles. The monoisotopic (exact) mass is 191 g/mol. The van der Waals surface area contributed by atoms with Gasteiger partial charge in [0.2, 0.25) is 5.89 Å². The zero-order valence-corrected chi connectivity index (χ0v) is 7.11. The van der Waals surface area contributed by atoms with Gasteiger partial charge in [-0.1, -0.05) is 6.07 Å². The molecule has 0 spiro atoms. The molecule has 0 aliphatic heterocycles. The topological polar surface area (TPSA) is 43.1 Å². The van der Waals surface area contributed by atoms with Crippen LogP contribution < -0.4 is 0 Å². The Hall–Kier alpha value is -1.97. The first-order chi connectivity index (χ1) is 6.83. The quantitative estimate of drug-likeness (QED) is 0.684. The fourth-order valence-corrected chi connectivity index (χ4v) is 1.20. The van der Waals surface area contributed by atoms with E-state index in [0.29, 0.717) is 11.8 Å². The van der Waals surface area contributed by atoms with Crippen LogP contribution in [0, 0.1) is 5.82 Å². The summed E-state index contributed by atoms with van der Waals surface area (Å²) in [5.41, 5.74) is 0.333. The van der Waals surface area contributed by atoms with Crippen LogP contribution in [-0.4, -0.2) is 11.3 Å². The third-order valence-corrected chi connectivity index (χ3v) is 1.83. The summed E-state index contributed by atoms with van der Waals surface area (Å²) in [5, 5.41) is 0. The van der Waals surface area contributed by atoms with Crippen LogP contribution in [0.1, 0.15) is 10.4 Å². The van der Waals surface area contributed by atoms with Gasteiger partial charge in [0, 0.05) is 0 Å². The van der Waals surface area contributed by atoms with Crippen molar-refractivity contribution in [2.45, 2.75) is 0 Å². The average Bonchev–Trinajstić information content (AvgIpc) is 2.70. The smallest absolute Gasteiger partial charge is 0.226 e. The average molecular weight is 191 g/mol. The van der Waals surface area contributed by atoms with E-state index in [1.165, 1.54) is 24.6 Å². The van der Waals surface area contributed by atoms with Crippen molar-refractivity contribution < 1.29 is 13.6 Å². The Morgan fingerprint density at radius 1 is 1.43 bits per heavy atom. The third-order valence-electron chi connectivity index (χ3n) is 1.83. The van der Waals surface area contributed by atoms with Crippen LogP contribution in [0.5, 0.6) is 0 Å². The van der Waals surface area contributed by atoms with E-state index in [-0.39, 0.29) is 11.5 Å². The summed E-state index contributed by atoms with van der Waals surface area (Å²) in [7, 11) is 0. The maximum absolute atomic E-state index is 13.1. The Kier molecular flexibility index (Phi) is 2.10. The van der Waals surface area contributed by atoms with E-state index in [9.17, 15) is 9.18 Å². The van der Waals surface area contributed by atoms with Gasteiger partial charge in [0.25, 0.3) is 0 Å². The van der Waals surface area contributed by atoms with Gasteiger partial charge in [0.1, 0.15) is 12.1 Å². The normalized spacial score (nSPS) is 10.1. The first-order valence-corrected chi connectivity index (χ1v) is 3.96. The van der Waals surface area contributed by atoms with Crippen molar-refractivity contribution in [3.8, 4) is 11.5 Å². The van der Waals surface area contributed by atoms with Crippen LogP contribution in [0.2, 0.25) is 0 Å². The molecule has 0 bridgehead atoms. The minimum Gasteiger partial charge on any atom is -0.445 e. The lowest BCUT2D eigenvalue weighted by Gasteiger charge is -2.00. The van der Waals surface area contributed by atoms with Crippen LogP contribution >= 0.6 is 0 Å². The summed E-state index contributed by atoms with van der Waals surface area (Å²) in [6, 6.07) is 4.30. The number of nitrogens with zero attached hydrogens (tertiary/aromatic N) is 1. The van der Waals surface area contributed by atoms with Crippen LogP contribution in [-0.2, 0) is 0 Å². The van der Waals surface area contributed by atoms with Gasteiger partial charge in [0.15, 0.2) is 6.29 Å². The van der Waals surface area contributed by atoms with Crippen LogP contribution in [0.25, 0.3) is 11.5 Å². The Balaban J connectivity index is 2.64. The molecule has 0 aliphatic carbocycles. The molecule has 1 aromatic carbocycles. The molecule has 4 heteroatoms. The van der Waals surface area contributed by atoms with Gasteiger partial charge < -0.3 is 4.42 Å². The second-order valence-corrected chi connectivity index (χ2v) is 2.66. The number of carbonyl (C=O) groups excluding carboxylic acids is 1. The second-order valence-electron chi connectivity index (χ2n) is 2.66. The number of benzene rings is 1. The molecule has 0 saturated carbocycles. The highest BCUT2D eigenvalue weighted by atomic mass is 19.1. The predicted octanol–water partition coefficient (Wildman–Crippen LogP) is 2.29. The summed E-state index contributed by atoms with van der Waals surface area (Å²) >= 11 is 0. The maximum Gasteiger partial charge on any atom is 0.226 e. The zero-order chi connectivity index (χ0) is 9.97. The summed E-state index contributed by atoms with van der Waals surface area (Å²) in [4.78, 5) is 14.5. The lowest BCUT2D eigenvalue weighted by molar-refractivity contribution is 0.112. The summed E-state index contributed by atoms with van der Waals surface area (Å²) < 4.78 is 18.1. The molecule has 70 valence electrons. The van der Waals surface area contributed by atoms with Gasteiger partial charge in [-0.15, -0.1) is 0 Å². The molecule has 0 unspecified atom stereocenters. The van der Waals surface area contributed by atoms with E-state index in [1.807, 2.05) is 0 Å². The summed E-state index contributed by atoms with van der Waals surface area (Å²) in [6.07, 6.45) is 3.26. The van der Waals surface area contributed by atoms with E-state index in [2.05, 4.69) is 4.98 Å². The number of oxazole rings is 1. The first-order valence-electron chi connectivity index (χ1n) is 3.96. The molecule has 2 aromatic rings. The largest absolute Gasteiger partial charge is 0.445 e.